The van der Waals surface area contributed by atoms with Gasteiger partial charge in [-0.15, -0.1) is 0 Å². The molecular formula is C25H27F2N3O5. The Balaban J connectivity index is 2.11. The smallest absolute Gasteiger partial charge is 0.331 e. The molecule has 0 amide bonds. The number of oxime groups is 1. The van der Waals surface area contributed by atoms with E-state index in [0.717, 1.165) is 15.2 Å². The van der Waals surface area contributed by atoms with Gasteiger partial charge in [0.15, 0.2) is 0 Å². The van der Waals surface area contributed by atoms with E-state index in [9.17, 15) is 23.5 Å². The molecule has 1 heterocycles. The average molecular weight is 488 g/mol. The SMILES string of the molecule is COc1ccc(F)cc1C(O)Cn1cc(/C(C)=N/OC(C)C)c(=O)n(Cc2ccc(F)cc2)c1=O. The summed E-state index contributed by atoms with van der Waals surface area (Å²) in [5, 5.41) is 14.8. The van der Waals surface area contributed by atoms with Gasteiger partial charge < -0.3 is 14.7 Å². The Kier molecular flexibility index (Phi) is 8.18. The highest BCUT2D eigenvalue weighted by atomic mass is 19.1. The number of halogens is 2. The Morgan fingerprint density at radius 2 is 1.74 bits per heavy atom. The summed E-state index contributed by atoms with van der Waals surface area (Å²) in [6, 6.07) is 9.07. The second-order valence-electron chi connectivity index (χ2n) is 8.23. The van der Waals surface area contributed by atoms with Gasteiger partial charge in [0.2, 0.25) is 0 Å². The van der Waals surface area contributed by atoms with Gasteiger partial charge in [-0.1, -0.05) is 17.3 Å². The molecule has 1 N–H and O–H groups in total. The molecule has 1 aromatic heterocycles. The first kappa shape index (κ1) is 25.8. The number of rotatable bonds is 9. The molecule has 0 radical (unpaired) electrons. The summed E-state index contributed by atoms with van der Waals surface area (Å²) in [6.07, 6.45) is -0.282. The maximum absolute atomic E-state index is 13.8. The van der Waals surface area contributed by atoms with E-state index in [-0.39, 0.29) is 41.8 Å². The van der Waals surface area contributed by atoms with Crippen LogP contribution >= 0.6 is 0 Å². The van der Waals surface area contributed by atoms with E-state index in [4.69, 9.17) is 9.57 Å². The number of aromatic nitrogens is 2. The Hall–Kier alpha value is -3.79. The zero-order chi connectivity index (χ0) is 25.7. The lowest BCUT2D eigenvalue weighted by Crippen LogP contribution is -2.43. The molecular weight excluding hydrogens is 460 g/mol. The third-order valence-electron chi connectivity index (χ3n) is 5.20. The van der Waals surface area contributed by atoms with Crippen molar-refractivity contribution < 1.29 is 23.5 Å². The summed E-state index contributed by atoms with van der Waals surface area (Å²) in [6.45, 7) is 4.67. The molecule has 1 unspecified atom stereocenters. The summed E-state index contributed by atoms with van der Waals surface area (Å²) in [7, 11) is 1.38. The first-order chi connectivity index (χ1) is 16.6. The fourth-order valence-electron chi connectivity index (χ4n) is 3.43. The van der Waals surface area contributed by atoms with E-state index in [1.807, 2.05) is 0 Å². The van der Waals surface area contributed by atoms with E-state index in [1.54, 1.807) is 20.8 Å². The number of aliphatic hydroxyl groups excluding tert-OH is 1. The topological polar surface area (TPSA) is 95.1 Å². The lowest BCUT2D eigenvalue weighted by atomic mass is 10.1. The van der Waals surface area contributed by atoms with Gasteiger partial charge in [-0.3, -0.25) is 13.9 Å². The second kappa shape index (κ2) is 11.1. The first-order valence-corrected chi connectivity index (χ1v) is 10.9. The summed E-state index contributed by atoms with van der Waals surface area (Å²) >= 11 is 0. The fourth-order valence-corrected chi connectivity index (χ4v) is 3.43. The lowest BCUT2D eigenvalue weighted by molar-refractivity contribution is 0.0859. The van der Waals surface area contributed by atoms with Crippen LogP contribution in [-0.2, 0) is 17.9 Å². The second-order valence-corrected chi connectivity index (χ2v) is 8.23. The molecule has 0 aliphatic carbocycles. The minimum atomic E-state index is -1.33. The van der Waals surface area contributed by atoms with Gasteiger partial charge in [-0.05, 0) is 56.7 Å². The maximum atomic E-state index is 13.8. The highest BCUT2D eigenvalue weighted by molar-refractivity contribution is 5.97. The number of hydrogen-bond acceptors (Lipinski definition) is 6. The molecule has 35 heavy (non-hydrogen) atoms. The van der Waals surface area contributed by atoms with Gasteiger partial charge in [0.1, 0.15) is 29.6 Å². The third kappa shape index (κ3) is 6.21. The predicted molar refractivity (Wildman–Crippen MR) is 127 cm³/mol. The Labute approximate surface area is 200 Å². The third-order valence-corrected chi connectivity index (χ3v) is 5.20. The largest absolute Gasteiger partial charge is 0.496 e. The minimum Gasteiger partial charge on any atom is -0.496 e. The molecule has 3 aromatic rings. The fraction of sp³-hybridized carbons (Fsp3) is 0.320. The first-order valence-electron chi connectivity index (χ1n) is 10.9. The summed E-state index contributed by atoms with van der Waals surface area (Å²) < 4.78 is 34.5. The molecule has 0 saturated heterocycles. The zero-order valence-corrected chi connectivity index (χ0v) is 19.9. The number of ether oxygens (including phenoxy) is 1. The van der Waals surface area contributed by atoms with Crippen molar-refractivity contribution >= 4 is 5.71 Å². The normalized spacial score (nSPS) is 12.6. The zero-order valence-electron chi connectivity index (χ0n) is 19.9. The van der Waals surface area contributed by atoms with E-state index >= 15 is 0 Å². The van der Waals surface area contributed by atoms with Crippen molar-refractivity contribution in [3.63, 3.8) is 0 Å². The number of methoxy groups -OCH3 is 1. The highest BCUT2D eigenvalue weighted by Crippen LogP contribution is 2.26. The molecule has 3 rings (SSSR count). The van der Waals surface area contributed by atoms with Crippen LogP contribution in [0.3, 0.4) is 0 Å². The van der Waals surface area contributed by atoms with Gasteiger partial charge in [0.25, 0.3) is 5.56 Å². The van der Waals surface area contributed by atoms with Gasteiger partial charge in [-0.2, -0.15) is 0 Å². The molecule has 0 fully saturated rings. The van der Waals surface area contributed by atoms with Crippen LogP contribution in [0.5, 0.6) is 5.75 Å². The van der Waals surface area contributed by atoms with Crippen molar-refractivity contribution in [2.45, 2.75) is 46.1 Å². The molecule has 0 spiro atoms. The molecule has 8 nitrogen and oxygen atoms in total. The molecule has 10 heteroatoms. The molecule has 1 atom stereocenters. The van der Waals surface area contributed by atoms with Crippen LogP contribution in [0.25, 0.3) is 0 Å². The number of nitrogens with zero attached hydrogens (tertiary/aromatic N) is 3. The summed E-state index contributed by atoms with van der Waals surface area (Å²) in [5.41, 5.74) is -0.369. The van der Waals surface area contributed by atoms with Crippen molar-refractivity contribution in [1.29, 1.82) is 0 Å². The van der Waals surface area contributed by atoms with Gasteiger partial charge in [0.05, 0.1) is 31.5 Å². The van der Waals surface area contributed by atoms with Gasteiger partial charge in [-0.25, -0.2) is 13.6 Å². The van der Waals surface area contributed by atoms with Crippen molar-refractivity contribution in [3.8, 4) is 5.75 Å². The molecule has 0 aliphatic rings. The molecule has 0 aliphatic heterocycles. The monoisotopic (exact) mass is 487 g/mol. The summed E-state index contributed by atoms with van der Waals surface area (Å²) in [4.78, 5) is 31.7. The van der Waals surface area contributed by atoms with Crippen LogP contribution in [0, 0.1) is 11.6 Å². The van der Waals surface area contributed by atoms with Crippen molar-refractivity contribution in [2.75, 3.05) is 7.11 Å². The van der Waals surface area contributed by atoms with Crippen LogP contribution in [0.4, 0.5) is 8.78 Å². The van der Waals surface area contributed by atoms with Gasteiger partial charge >= 0.3 is 5.69 Å². The van der Waals surface area contributed by atoms with E-state index in [2.05, 4.69) is 5.16 Å². The number of aliphatic hydroxyl groups is 1. The van der Waals surface area contributed by atoms with Gasteiger partial charge in [0, 0.05) is 11.8 Å². The number of hydrogen-bond donors (Lipinski definition) is 1. The van der Waals surface area contributed by atoms with Crippen LogP contribution in [0.15, 0.2) is 63.4 Å². The average Bonchev–Trinajstić information content (AvgIpc) is 2.83. The van der Waals surface area contributed by atoms with Crippen LogP contribution in [0.2, 0.25) is 0 Å². The van der Waals surface area contributed by atoms with Crippen molar-refractivity contribution in [1.82, 2.24) is 9.13 Å². The molecule has 0 bridgehead atoms. The summed E-state index contributed by atoms with van der Waals surface area (Å²) in [5.74, 6) is -0.786. The minimum absolute atomic E-state index is 0.0748. The standard InChI is InChI=1S/C25H27F2N3O5/c1-15(2)35-28-16(3)21-13-29(14-22(31)20-11-19(27)9-10-23(20)34-4)25(33)30(24(21)32)12-17-5-7-18(26)8-6-17/h5-11,13,15,22,31H,12,14H2,1-4H3/b28-16+. The maximum Gasteiger partial charge on any atom is 0.331 e. The lowest BCUT2D eigenvalue weighted by Gasteiger charge is -2.18. The quantitative estimate of drug-likeness (QED) is 0.369. The molecule has 186 valence electrons. The van der Waals surface area contributed by atoms with E-state index < -0.39 is 29.0 Å². The Bertz CT molecular complexity index is 1330. The Morgan fingerprint density at radius 1 is 1.09 bits per heavy atom. The van der Waals surface area contributed by atoms with E-state index in [0.29, 0.717) is 5.56 Å². The van der Waals surface area contributed by atoms with Crippen molar-refractivity contribution in [3.05, 3.63) is 97.8 Å². The Morgan fingerprint density at radius 3 is 2.37 bits per heavy atom. The van der Waals surface area contributed by atoms with E-state index in [1.165, 1.54) is 49.7 Å². The van der Waals surface area contributed by atoms with Crippen molar-refractivity contribution in [2.24, 2.45) is 5.16 Å². The van der Waals surface area contributed by atoms with Crippen LogP contribution in [-0.4, -0.2) is 33.2 Å². The highest BCUT2D eigenvalue weighted by Gasteiger charge is 2.20. The van der Waals surface area contributed by atoms with Crippen LogP contribution < -0.4 is 16.0 Å². The van der Waals surface area contributed by atoms with Crippen LogP contribution in [0.1, 0.15) is 43.6 Å². The predicted octanol–water partition coefficient (Wildman–Crippen LogP) is 3.23. The molecule has 0 saturated carbocycles. The number of benzene rings is 2. The molecule has 2 aromatic carbocycles.